The molecule has 198 valence electrons. The van der Waals surface area contributed by atoms with Crippen LogP contribution in [0.1, 0.15) is 57.6 Å². The van der Waals surface area contributed by atoms with Crippen molar-refractivity contribution >= 4 is 44.8 Å². The molecule has 1 atom stereocenters. The van der Waals surface area contributed by atoms with Gasteiger partial charge in [-0.3, -0.25) is 9.69 Å². The number of carbonyl (C=O) groups is 1. The third-order valence-electron chi connectivity index (χ3n) is 6.99. The Morgan fingerprint density at radius 1 is 1.30 bits per heavy atom. The van der Waals surface area contributed by atoms with E-state index in [1.165, 1.54) is 14.1 Å². The lowest BCUT2D eigenvalue weighted by Crippen LogP contribution is -2.29. The third-order valence-corrected chi connectivity index (χ3v) is 8.63. The molecule has 1 spiro atoms. The molecule has 1 saturated carbocycles. The molecule has 1 aliphatic carbocycles. The van der Waals surface area contributed by atoms with E-state index in [0.717, 1.165) is 9.87 Å². The number of rotatable bonds is 7. The highest BCUT2D eigenvalue weighted by molar-refractivity contribution is 7.87. The predicted octanol–water partition coefficient (Wildman–Crippen LogP) is 4.64. The van der Waals surface area contributed by atoms with E-state index in [0.29, 0.717) is 77.5 Å². The molecule has 3 aliphatic rings. The largest absolute Gasteiger partial charge is 0.489 e. The summed E-state index contributed by atoms with van der Waals surface area (Å²) in [4.78, 5) is 19.8. The van der Waals surface area contributed by atoms with Crippen LogP contribution < -0.4 is 14.4 Å². The van der Waals surface area contributed by atoms with Crippen LogP contribution in [0.15, 0.2) is 28.8 Å². The van der Waals surface area contributed by atoms with Crippen LogP contribution in [0.4, 0.5) is 11.4 Å². The maximum Gasteiger partial charge on any atom is 0.322 e. The fourth-order valence-electron chi connectivity index (χ4n) is 4.73. The molecular weight excluding hydrogens is 516 g/mol. The Kier molecular flexibility index (Phi) is 6.49. The minimum absolute atomic E-state index is 0.0509. The topological polar surface area (TPSA) is 101 Å². The highest BCUT2D eigenvalue weighted by Crippen LogP contribution is 2.60. The van der Waals surface area contributed by atoms with Crippen LogP contribution in [0.25, 0.3) is 0 Å². The number of carbonyl (C=O) groups excluding carboxylic acids is 1. The minimum Gasteiger partial charge on any atom is -0.489 e. The minimum atomic E-state index is -3.83. The van der Waals surface area contributed by atoms with Gasteiger partial charge in [0.15, 0.2) is 0 Å². The number of aromatic nitrogens is 1. The van der Waals surface area contributed by atoms with Gasteiger partial charge in [-0.1, -0.05) is 32.4 Å². The van der Waals surface area contributed by atoms with E-state index in [1.54, 1.807) is 17.2 Å². The van der Waals surface area contributed by atoms with Crippen LogP contribution in [0.5, 0.6) is 11.6 Å². The van der Waals surface area contributed by atoms with Gasteiger partial charge >= 0.3 is 10.2 Å². The maximum atomic E-state index is 13.7. The number of fused-ring (bicyclic) bond motifs is 3. The van der Waals surface area contributed by atoms with Gasteiger partial charge in [-0.05, 0) is 42.9 Å². The molecule has 37 heavy (non-hydrogen) atoms. The fourth-order valence-corrected chi connectivity index (χ4v) is 5.56. The van der Waals surface area contributed by atoms with Gasteiger partial charge in [0.05, 0.1) is 35.3 Å². The molecule has 1 unspecified atom stereocenters. The predicted molar refractivity (Wildman–Crippen MR) is 143 cm³/mol. The van der Waals surface area contributed by atoms with Gasteiger partial charge in [0, 0.05) is 32.1 Å². The number of nitrogens with zero attached hydrogens (tertiary/aromatic N) is 4. The monoisotopic (exact) mass is 546 g/mol. The lowest BCUT2D eigenvalue weighted by Gasteiger charge is -2.28. The Labute approximate surface area is 222 Å². The van der Waals surface area contributed by atoms with E-state index in [2.05, 4.69) is 9.38 Å². The summed E-state index contributed by atoms with van der Waals surface area (Å²) in [5, 5.41) is 0.327. The highest BCUT2D eigenvalue weighted by atomic mass is 35.5. The summed E-state index contributed by atoms with van der Waals surface area (Å²) in [6.45, 7) is 6.53. The Balaban J connectivity index is 1.60. The summed E-state index contributed by atoms with van der Waals surface area (Å²) in [7, 11) is -0.925. The average Bonchev–Trinajstić information content (AvgIpc) is 3.60. The van der Waals surface area contributed by atoms with Gasteiger partial charge in [-0.2, -0.15) is 17.1 Å². The molecule has 0 radical (unpaired) electrons. The van der Waals surface area contributed by atoms with Gasteiger partial charge in [0.2, 0.25) is 11.8 Å². The van der Waals surface area contributed by atoms with Crippen molar-refractivity contribution in [1.82, 2.24) is 9.29 Å². The number of hydrogen-bond donors (Lipinski definition) is 0. The molecule has 1 aromatic carbocycles. The summed E-state index contributed by atoms with van der Waals surface area (Å²) in [6, 6.07) is 5.41. The Morgan fingerprint density at radius 3 is 2.62 bits per heavy atom. The average molecular weight is 547 g/mol. The smallest absolute Gasteiger partial charge is 0.322 e. The first kappa shape index (κ1) is 25.9. The summed E-state index contributed by atoms with van der Waals surface area (Å²) in [6.07, 6.45) is 3.85. The normalized spacial score (nSPS) is 21.0. The first-order chi connectivity index (χ1) is 17.5. The second kappa shape index (κ2) is 9.25. The Hall–Kier alpha value is -2.69. The van der Waals surface area contributed by atoms with Crippen molar-refractivity contribution < 1.29 is 22.7 Å². The van der Waals surface area contributed by atoms with E-state index >= 15 is 0 Å². The van der Waals surface area contributed by atoms with Crippen molar-refractivity contribution in [3.63, 3.8) is 0 Å². The zero-order valence-corrected chi connectivity index (χ0v) is 23.2. The number of pyridine rings is 1. The van der Waals surface area contributed by atoms with Crippen molar-refractivity contribution in [2.24, 2.45) is 10.3 Å². The van der Waals surface area contributed by atoms with Crippen molar-refractivity contribution in [3.8, 4) is 11.6 Å². The lowest BCUT2D eigenvalue weighted by molar-refractivity contribution is -0.119. The van der Waals surface area contributed by atoms with Gasteiger partial charge in [-0.15, -0.1) is 0 Å². The molecule has 9 nitrogen and oxygen atoms in total. The number of anilines is 2. The number of benzene rings is 1. The SMILES string of the molecule is CCC1CC(=NS(=O)(=O)N(C)C)c2cc3c(cc2O1)N(c1cnc(OCC(C)C)c(Cl)c1)C(=O)C31CC1. The molecule has 0 bridgehead atoms. The molecule has 11 heteroatoms. The van der Waals surface area contributed by atoms with Gasteiger partial charge in [0.25, 0.3) is 0 Å². The van der Waals surface area contributed by atoms with Crippen LogP contribution in [0, 0.1) is 5.92 Å². The molecule has 0 N–H and O–H groups in total. The van der Waals surface area contributed by atoms with Crippen molar-refractivity contribution in [2.75, 3.05) is 25.6 Å². The Morgan fingerprint density at radius 2 is 2.03 bits per heavy atom. The lowest BCUT2D eigenvalue weighted by atomic mass is 9.91. The molecule has 1 fully saturated rings. The zero-order chi connectivity index (χ0) is 26.7. The number of amides is 1. The first-order valence-corrected chi connectivity index (χ1v) is 14.2. The molecule has 1 amide bonds. The van der Waals surface area contributed by atoms with Crippen molar-refractivity contribution in [3.05, 3.63) is 40.5 Å². The number of halogens is 1. The molecule has 2 aromatic rings. The van der Waals surface area contributed by atoms with E-state index < -0.39 is 15.6 Å². The summed E-state index contributed by atoms with van der Waals surface area (Å²) in [5.74, 6) is 1.11. The number of hydrogen-bond acceptors (Lipinski definition) is 6. The van der Waals surface area contributed by atoms with Crippen LogP contribution in [-0.2, 0) is 20.4 Å². The van der Waals surface area contributed by atoms with Crippen LogP contribution >= 0.6 is 11.6 Å². The van der Waals surface area contributed by atoms with Crippen LogP contribution in [0.3, 0.4) is 0 Å². The van der Waals surface area contributed by atoms with E-state index in [-0.39, 0.29) is 12.0 Å². The van der Waals surface area contributed by atoms with Crippen LogP contribution in [0.2, 0.25) is 5.02 Å². The summed E-state index contributed by atoms with van der Waals surface area (Å²) in [5.41, 5.74) is 2.51. The third kappa shape index (κ3) is 4.49. The zero-order valence-electron chi connectivity index (χ0n) is 21.6. The number of ether oxygens (including phenoxy) is 2. The quantitative estimate of drug-likeness (QED) is 0.501. The first-order valence-electron chi connectivity index (χ1n) is 12.5. The highest BCUT2D eigenvalue weighted by Gasteiger charge is 2.60. The van der Waals surface area contributed by atoms with Crippen molar-refractivity contribution in [2.45, 2.75) is 58.0 Å². The maximum absolute atomic E-state index is 13.7. The second-order valence-electron chi connectivity index (χ2n) is 10.4. The molecule has 1 aromatic heterocycles. The van der Waals surface area contributed by atoms with Crippen LogP contribution in [-0.4, -0.2) is 56.1 Å². The standard InChI is InChI=1S/C26H31ClN4O5S/c1-6-17-10-21(29-37(33,34)30(4)5)18-11-19-22(12-23(18)36-17)31(25(32)26(19)7-8-26)16-9-20(27)24(28-13-16)35-14-15(2)3/h9,11-13,15,17H,6-8,10,14H2,1-5H3. The summed E-state index contributed by atoms with van der Waals surface area (Å²) >= 11 is 6.49. The molecule has 5 rings (SSSR count). The van der Waals surface area contributed by atoms with E-state index in [1.807, 2.05) is 32.9 Å². The summed E-state index contributed by atoms with van der Waals surface area (Å²) < 4.78 is 42.4. The fraction of sp³-hybridized carbons (Fsp3) is 0.500. The van der Waals surface area contributed by atoms with Gasteiger partial charge in [-0.25, -0.2) is 4.98 Å². The van der Waals surface area contributed by atoms with Gasteiger partial charge < -0.3 is 9.47 Å². The molecule has 2 aliphatic heterocycles. The van der Waals surface area contributed by atoms with E-state index in [9.17, 15) is 13.2 Å². The Bertz CT molecular complexity index is 1400. The van der Waals surface area contributed by atoms with Crippen molar-refractivity contribution in [1.29, 1.82) is 0 Å². The molecular formula is C26H31ClN4O5S. The van der Waals surface area contributed by atoms with Gasteiger partial charge in [0.1, 0.15) is 16.9 Å². The molecule has 0 saturated heterocycles. The van der Waals surface area contributed by atoms with E-state index in [4.69, 9.17) is 21.1 Å². The second-order valence-corrected chi connectivity index (χ2v) is 12.6. The molecule has 3 heterocycles.